The Kier molecular flexibility index (Phi) is 7.67. The van der Waals surface area contributed by atoms with Crippen molar-refractivity contribution in [3.05, 3.63) is 194 Å². The van der Waals surface area contributed by atoms with E-state index in [1.54, 1.807) is 0 Å². The van der Waals surface area contributed by atoms with Crippen LogP contribution in [0.5, 0.6) is 0 Å². The molecule has 3 heteroatoms. The molecule has 2 heterocycles. The van der Waals surface area contributed by atoms with Crippen molar-refractivity contribution in [1.29, 1.82) is 0 Å². The quantitative estimate of drug-likeness (QED) is 0.130. The molecular formula is C54H38N2Si. The summed E-state index contributed by atoms with van der Waals surface area (Å²) in [7, 11) is -2.36. The predicted molar refractivity (Wildman–Crippen MR) is 244 cm³/mol. The molecule has 268 valence electrons. The highest BCUT2D eigenvalue weighted by molar-refractivity contribution is 7.05. The van der Waals surface area contributed by atoms with Crippen LogP contribution < -0.4 is 10.5 Å². The van der Waals surface area contributed by atoms with E-state index in [-0.39, 0.29) is 0 Å². The second kappa shape index (κ2) is 13.1. The Hall–Kier alpha value is -6.94. The van der Waals surface area contributed by atoms with E-state index in [2.05, 4.69) is 207 Å². The van der Waals surface area contributed by atoms with Gasteiger partial charge in [0.1, 0.15) is 8.07 Å². The molecular weight excluding hydrogens is 705 g/mol. The summed E-state index contributed by atoms with van der Waals surface area (Å²) in [4.78, 5) is 11.3. The van der Waals surface area contributed by atoms with Crippen LogP contribution >= 0.6 is 0 Å². The first-order valence-electron chi connectivity index (χ1n) is 19.7. The molecule has 0 bridgehead atoms. The van der Waals surface area contributed by atoms with Crippen molar-refractivity contribution in [2.45, 2.75) is 13.1 Å². The number of rotatable bonds is 5. The fraction of sp³-hybridized carbons (Fsp3) is 0.0370. The standard InChI is InChI=1S/C54H38N2Si/c1-57(2)52-48-27-11-9-25-45(48)44-24-8-10-26-46(44)49(52)50-51(47-28-14-18-38-17-6-7-23-43(38)47)55-53(56-54(50)57)42-22-13-21-41(34-42)40-20-12-19-39(33-40)37-31-29-36(30-32-37)35-15-4-3-5-16-35/h3-34H,1-2H3. The zero-order valence-corrected chi connectivity index (χ0v) is 32.9. The molecule has 0 saturated heterocycles. The van der Waals surface area contributed by atoms with E-state index in [1.165, 1.54) is 76.2 Å². The minimum Gasteiger partial charge on any atom is -0.237 e. The van der Waals surface area contributed by atoms with Crippen LogP contribution in [-0.4, -0.2) is 18.0 Å². The van der Waals surface area contributed by atoms with Crippen molar-refractivity contribution in [3.8, 4) is 67.2 Å². The molecule has 0 saturated carbocycles. The van der Waals surface area contributed by atoms with Gasteiger partial charge in [-0.25, -0.2) is 9.97 Å². The maximum Gasteiger partial charge on any atom is 0.159 e. The van der Waals surface area contributed by atoms with Crippen LogP contribution in [0.4, 0.5) is 0 Å². The molecule has 0 N–H and O–H groups in total. The Bertz CT molecular complexity index is 3200. The van der Waals surface area contributed by atoms with Crippen molar-refractivity contribution in [3.63, 3.8) is 0 Å². The van der Waals surface area contributed by atoms with Gasteiger partial charge in [0.05, 0.1) is 5.69 Å². The molecule has 0 spiro atoms. The van der Waals surface area contributed by atoms with Gasteiger partial charge >= 0.3 is 0 Å². The number of hydrogen-bond acceptors (Lipinski definition) is 2. The number of fused-ring (bicyclic) bond motifs is 9. The van der Waals surface area contributed by atoms with Gasteiger partial charge in [0, 0.05) is 22.0 Å². The molecule has 57 heavy (non-hydrogen) atoms. The van der Waals surface area contributed by atoms with Crippen molar-refractivity contribution < 1.29 is 0 Å². The van der Waals surface area contributed by atoms with Crippen LogP contribution in [0.2, 0.25) is 13.1 Å². The fourth-order valence-electron chi connectivity index (χ4n) is 9.28. The topological polar surface area (TPSA) is 25.8 Å². The minimum atomic E-state index is -2.36. The lowest BCUT2D eigenvalue weighted by atomic mass is 9.90. The first kappa shape index (κ1) is 33.4. The number of hydrogen-bond donors (Lipinski definition) is 0. The van der Waals surface area contributed by atoms with E-state index in [0.717, 1.165) is 33.8 Å². The summed E-state index contributed by atoms with van der Waals surface area (Å²) in [5, 5.41) is 10.3. The van der Waals surface area contributed by atoms with Gasteiger partial charge in [-0.3, -0.25) is 0 Å². The summed E-state index contributed by atoms with van der Waals surface area (Å²) in [6.45, 7) is 4.97. The van der Waals surface area contributed by atoms with Crippen LogP contribution in [0.3, 0.4) is 0 Å². The SMILES string of the molecule is C[Si]1(C)c2nc(-c3cccc(-c4cccc(-c5ccc(-c6ccccc6)cc5)c4)c3)nc(-c3cccc4ccccc34)c2-c2c1c1ccccc1c1ccccc21. The molecule has 1 aliphatic heterocycles. The predicted octanol–water partition coefficient (Wildman–Crippen LogP) is 13.1. The molecule has 11 rings (SSSR count). The lowest BCUT2D eigenvalue weighted by molar-refractivity contribution is 1.21. The maximum absolute atomic E-state index is 5.65. The average Bonchev–Trinajstić information content (AvgIpc) is 3.53. The summed E-state index contributed by atoms with van der Waals surface area (Å²) in [5.74, 6) is 0.771. The first-order valence-corrected chi connectivity index (χ1v) is 22.7. The van der Waals surface area contributed by atoms with E-state index in [4.69, 9.17) is 9.97 Å². The molecule has 9 aromatic carbocycles. The van der Waals surface area contributed by atoms with Gasteiger partial charge in [-0.2, -0.15) is 0 Å². The van der Waals surface area contributed by atoms with Gasteiger partial charge < -0.3 is 0 Å². The van der Waals surface area contributed by atoms with Crippen LogP contribution in [0.15, 0.2) is 194 Å². The monoisotopic (exact) mass is 742 g/mol. The molecule has 0 aliphatic carbocycles. The number of nitrogens with zero attached hydrogens (tertiary/aromatic N) is 2. The van der Waals surface area contributed by atoms with Crippen molar-refractivity contribution >= 4 is 50.9 Å². The largest absolute Gasteiger partial charge is 0.237 e. The average molecular weight is 743 g/mol. The molecule has 0 fully saturated rings. The third-order valence-electron chi connectivity index (χ3n) is 12.0. The molecule has 0 radical (unpaired) electrons. The van der Waals surface area contributed by atoms with Gasteiger partial charge in [0.15, 0.2) is 5.82 Å². The van der Waals surface area contributed by atoms with Crippen molar-refractivity contribution in [1.82, 2.24) is 9.97 Å². The summed E-state index contributed by atoms with van der Waals surface area (Å²) in [5.41, 5.74) is 12.8. The van der Waals surface area contributed by atoms with E-state index in [9.17, 15) is 0 Å². The van der Waals surface area contributed by atoms with E-state index in [1.807, 2.05) is 0 Å². The fourth-order valence-corrected chi connectivity index (χ4v) is 12.5. The summed E-state index contributed by atoms with van der Waals surface area (Å²) in [6, 6.07) is 70.3. The van der Waals surface area contributed by atoms with E-state index < -0.39 is 8.07 Å². The lowest BCUT2D eigenvalue weighted by Crippen LogP contribution is -2.51. The van der Waals surface area contributed by atoms with Crippen LogP contribution in [0, 0.1) is 0 Å². The zero-order chi connectivity index (χ0) is 38.1. The third-order valence-corrected chi connectivity index (χ3v) is 15.3. The second-order valence-corrected chi connectivity index (χ2v) is 19.9. The highest BCUT2D eigenvalue weighted by atomic mass is 28.3. The Morgan fingerprint density at radius 2 is 0.825 bits per heavy atom. The van der Waals surface area contributed by atoms with E-state index in [0.29, 0.717) is 0 Å². The molecule has 0 unspecified atom stereocenters. The van der Waals surface area contributed by atoms with Gasteiger partial charge in [0.2, 0.25) is 0 Å². The Morgan fingerprint density at radius 3 is 1.54 bits per heavy atom. The number of benzene rings is 9. The van der Waals surface area contributed by atoms with Crippen LogP contribution in [-0.2, 0) is 0 Å². The Balaban J connectivity index is 1.10. The Labute approximate surface area is 333 Å². The molecule has 2 nitrogen and oxygen atoms in total. The van der Waals surface area contributed by atoms with Gasteiger partial charge in [-0.05, 0) is 88.6 Å². The molecule has 0 amide bonds. The summed E-state index contributed by atoms with van der Waals surface area (Å²) in [6.07, 6.45) is 0. The molecule has 1 aliphatic rings. The Morgan fingerprint density at radius 1 is 0.351 bits per heavy atom. The van der Waals surface area contributed by atoms with Crippen molar-refractivity contribution in [2.24, 2.45) is 0 Å². The zero-order valence-electron chi connectivity index (χ0n) is 31.9. The van der Waals surface area contributed by atoms with Gasteiger partial charge in [-0.1, -0.05) is 195 Å². The second-order valence-electron chi connectivity index (χ2n) is 15.7. The summed E-state index contributed by atoms with van der Waals surface area (Å²) < 4.78 is 0. The van der Waals surface area contributed by atoms with Gasteiger partial charge in [-0.15, -0.1) is 0 Å². The van der Waals surface area contributed by atoms with Crippen LogP contribution in [0.25, 0.3) is 99.5 Å². The lowest BCUT2D eigenvalue weighted by Gasteiger charge is -2.21. The van der Waals surface area contributed by atoms with Crippen molar-refractivity contribution in [2.75, 3.05) is 0 Å². The molecule has 1 aromatic heterocycles. The number of aromatic nitrogens is 2. The highest BCUT2D eigenvalue weighted by Crippen LogP contribution is 2.44. The smallest absolute Gasteiger partial charge is 0.159 e. The molecule has 0 atom stereocenters. The first-order chi connectivity index (χ1) is 28.0. The maximum atomic E-state index is 5.65. The summed E-state index contributed by atoms with van der Waals surface area (Å²) >= 11 is 0. The minimum absolute atomic E-state index is 0.771. The van der Waals surface area contributed by atoms with Crippen LogP contribution in [0.1, 0.15) is 0 Å². The highest BCUT2D eigenvalue weighted by Gasteiger charge is 2.44. The molecule has 10 aromatic rings. The van der Waals surface area contributed by atoms with E-state index >= 15 is 0 Å². The normalized spacial score (nSPS) is 12.9. The third kappa shape index (κ3) is 5.38. The van der Waals surface area contributed by atoms with Gasteiger partial charge in [0.25, 0.3) is 0 Å².